The highest BCUT2D eigenvalue weighted by Crippen LogP contribution is 2.17. The van der Waals surface area contributed by atoms with Gasteiger partial charge in [-0.3, -0.25) is 0 Å². The number of ether oxygens (including phenoxy) is 2. The minimum Gasteiger partial charge on any atom is -0.491 e. The van der Waals surface area contributed by atoms with E-state index < -0.39 is 0 Å². The van der Waals surface area contributed by atoms with Gasteiger partial charge in [0, 0.05) is 6.42 Å². The molecule has 1 aromatic carbocycles. The first-order valence-electron chi connectivity index (χ1n) is 5.52. The highest BCUT2D eigenvalue weighted by molar-refractivity contribution is 5.72. The summed E-state index contributed by atoms with van der Waals surface area (Å²) in [5.41, 5.74) is 5.42. The van der Waals surface area contributed by atoms with Crippen LogP contribution in [0.4, 0.5) is 4.39 Å². The molecule has 2 atom stereocenters. The second-order valence-electron chi connectivity index (χ2n) is 4.05. The Labute approximate surface area is 99.2 Å². The van der Waals surface area contributed by atoms with Gasteiger partial charge in [0.1, 0.15) is 18.2 Å². The molecule has 0 unspecified atom stereocenters. The van der Waals surface area contributed by atoms with E-state index in [4.69, 9.17) is 15.2 Å². The van der Waals surface area contributed by atoms with Crippen molar-refractivity contribution >= 4 is 6.02 Å². The number of halogens is 1. The van der Waals surface area contributed by atoms with E-state index >= 15 is 0 Å². The van der Waals surface area contributed by atoms with Crippen LogP contribution in [0.25, 0.3) is 0 Å². The lowest BCUT2D eigenvalue weighted by Gasteiger charge is -2.16. The molecule has 2 rings (SSSR count). The van der Waals surface area contributed by atoms with E-state index in [2.05, 4.69) is 4.99 Å². The lowest BCUT2D eigenvalue weighted by Crippen LogP contribution is -2.20. The van der Waals surface area contributed by atoms with Gasteiger partial charge in [-0.05, 0) is 31.2 Å². The molecule has 0 radical (unpaired) electrons. The molecule has 5 heteroatoms. The molecule has 2 N–H and O–H groups in total. The molecule has 1 aliphatic heterocycles. The van der Waals surface area contributed by atoms with E-state index in [1.165, 1.54) is 12.1 Å². The molecule has 1 aliphatic rings. The number of rotatable bonds is 4. The SMILES string of the molecule is C[C@H](C[C@H]1COC(N)=N1)Oc1ccc(F)cc1. The number of nitrogens with zero attached hydrogens (tertiary/aromatic N) is 1. The standard InChI is InChI=1S/C12H15FN2O2/c1-8(6-10-7-16-12(14)15-10)17-11-4-2-9(13)3-5-11/h2-5,8,10H,6-7H2,1H3,(H2,14,15)/t8-,10+/m1/s1. The van der Waals surface area contributed by atoms with E-state index in [1.54, 1.807) is 12.1 Å². The molecule has 0 aromatic heterocycles. The predicted molar refractivity (Wildman–Crippen MR) is 62.5 cm³/mol. The third-order valence-electron chi connectivity index (χ3n) is 2.49. The zero-order valence-corrected chi connectivity index (χ0v) is 9.60. The Morgan fingerprint density at radius 3 is 2.82 bits per heavy atom. The van der Waals surface area contributed by atoms with Crippen LogP contribution in [0.5, 0.6) is 5.75 Å². The largest absolute Gasteiger partial charge is 0.491 e. The van der Waals surface area contributed by atoms with Crippen LogP contribution in [-0.2, 0) is 4.74 Å². The van der Waals surface area contributed by atoms with Gasteiger partial charge in [-0.1, -0.05) is 0 Å². The van der Waals surface area contributed by atoms with Crippen molar-refractivity contribution in [1.82, 2.24) is 0 Å². The van der Waals surface area contributed by atoms with Gasteiger partial charge in [0.2, 0.25) is 0 Å². The number of hydrogen-bond acceptors (Lipinski definition) is 4. The highest BCUT2D eigenvalue weighted by Gasteiger charge is 2.20. The van der Waals surface area contributed by atoms with Crippen molar-refractivity contribution in [2.75, 3.05) is 6.61 Å². The van der Waals surface area contributed by atoms with E-state index in [0.29, 0.717) is 12.4 Å². The summed E-state index contributed by atoms with van der Waals surface area (Å²) in [6, 6.07) is 6.24. The Morgan fingerprint density at radius 2 is 2.24 bits per heavy atom. The van der Waals surface area contributed by atoms with E-state index in [-0.39, 0.29) is 24.0 Å². The Bertz CT molecular complexity index is 405. The van der Waals surface area contributed by atoms with Gasteiger partial charge in [-0.2, -0.15) is 0 Å². The van der Waals surface area contributed by atoms with Crippen LogP contribution in [0.2, 0.25) is 0 Å². The molecular weight excluding hydrogens is 223 g/mol. The second-order valence-corrected chi connectivity index (χ2v) is 4.05. The van der Waals surface area contributed by atoms with Crippen LogP contribution in [0.1, 0.15) is 13.3 Å². The molecule has 0 amide bonds. The van der Waals surface area contributed by atoms with Crippen molar-refractivity contribution in [2.45, 2.75) is 25.5 Å². The fraction of sp³-hybridized carbons (Fsp3) is 0.417. The summed E-state index contributed by atoms with van der Waals surface area (Å²) in [5, 5.41) is 0. The molecule has 1 aromatic rings. The number of benzene rings is 1. The quantitative estimate of drug-likeness (QED) is 0.868. The molecule has 1 heterocycles. The topological polar surface area (TPSA) is 56.8 Å². The maximum Gasteiger partial charge on any atom is 0.282 e. The van der Waals surface area contributed by atoms with Gasteiger partial charge in [0.15, 0.2) is 0 Å². The smallest absolute Gasteiger partial charge is 0.282 e. The Kier molecular flexibility index (Phi) is 3.46. The minimum absolute atomic E-state index is 0.0243. The predicted octanol–water partition coefficient (Wildman–Crippen LogP) is 1.70. The summed E-state index contributed by atoms with van der Waals surface area (Å²) >= 11 is 0. The molecule has 0 bridgehead atoms. The first kappa shape index (κ1) is 11.7. The van der Waals surface area contributed by atoms with Gasteiger partial charge in [-0.15, -0.1) is 0 Å². The van der Waals surface area contributed by atoms with E-state index in [9.17, 15) is 4.39 Å². The van der Waals surface area contributed by atoms with E-state index in [0.717, 1.165) is 6.42 Å². The van der Waals surface area contributed by atoms with Crippen LogP contribution in [0.15, 0.2) is 29.3 Å². The van der Waals surface area contributed by atoms with E-state index in [1.807, 2.05) is 6.92 Å². The normalized spacial score (nSPS) is 20.6. The monoisotopic (exact) mass is 238 g/mol. The van der Waals surface area contributed by atoms with Crippen molar-refractivity contribution in [1.29, 1.82) is 0 Å². The number of hydrogen-bond donors (Lipinski definition) is 1. The molecule has 0 spiro atoms. The van der Waals surface area contributed by atoms with Crippen molar-refractivity contribution in [2.24, 2.45) is 10.7 Å². The third kappa shape index (κ3) is 3.34. The third-order valence-corrected chi connectivity index (χ3v) is 2.49. The average molecular weight is 238 g/mol. The zero-order valence-electron chi connectivity index (χ0n) is 9.60. The number of amidine groups is 1. The van der Waals surface area contributed by atoms with Crippen molar-refractivity contribution in [3.63, 3.8) is 0 Å². The van der Waals surface area contributed by atoms with Gasteiger partial charge >= 0.3 is 0 Å². The molecular formula is C12H15FN2O2. The average Bonchev–Trinajstić information content (AvgIpc) is 2.67. The van der Waals surface area contributed by atoms with Crippen molar-refractivity contribution in [3.05, 3.63) is 30.1 Å². The number of aliphatic imine (C=N–C) groups is 1. The maximum absolute atomic E-state index is 12.7. The molecule has 0 fully saturated rings. The summed E-state index contributed by atoms with van der Waals surface area (Å²) in [7, 11) is 0. The first-order chi connectivity index (χ1) is 8.13. The fourth-order valence-corrected chi connectivity index (χ4v) is 1.73. The van der Waals surface area contributed by atoms with Crippen LogP contribution in [0.3, 0.4) is 0 Å². The van der Waals surface area contributed by atoms with Gasteiger partial charge in [-0.25, -0.2) is 9.38 Å². The summed E-state index contributed by atoms with van der Waals surface area (Å²) in [4.78, 5) is 4.12. The summed E-state index contributed by atoms with van der Waals surface area (Å²) in [6.45, 7) is 2.44. The van der Waals surface area contributed by atoms with Gasteiger partial charge in [0.05, 0.1) is 12.1 Å². The van der Waals surface area contributed by atoms with Crippen LogP contribution in [0, 0.1) is 5.82 Å². The Morgan fingerprint density at radius 1 is 1.53 bits per heavy atom. The lowest BCUT2D eigenvalue weighted by atomic mass is 10.1. The maximum atomic E-state index is 12.7. The summed E-state index contributed by atoms with van der Waals surface area (Å²) in [6.07, 6.45) is 0.696. The Hall–Kier alpha value is -1.78. The van der Waals surface area contributed by atoms with Gasteiger partial charge in [0.25, 0.3) is 6.02 Å². The van der Waals surface area contributed by atoms with Crippen molar-refractivity contribution in [3.8, 4) is 5.75 Å². The van der Waals surface area contributed by atoms with Gasteiger partial charge < -0.3 is 15.2 Å². The van der Waals surface area contributed by atoms with Crippen molar-refractivity contribution < 1.29 is 13.9 Å². The summed E-state index contributed by atoms with van der Waals surface area (Å²) in [5.74, 6) is 0.376. The van der Waals surface area contributed by atoms with Crippen LogP contribution in [-0.4, -0.2) is 24.8 Å². The highest BCUT2D eigenvalue weighted by atomic mass is 19.1. The van der Waals surface area contributed by atoms with Crippen LogP contribution < -0.4 is 10.5 Å². The molecule has 4 nitrogen and oxygen atoms in total. The molecule has 0 aliphatic carbocycles. The first-order valence-corrected chi connectivity index (χ1v) is 5.52. The lowest BCUT2D eigenvalue weighted by molar-refractivity contribution is 0.189. The second kappa shape index (κ2) is 5.03. The molecule has 0 saturated carbocycles. The molecule has 92 valence electrons. The molecule has 0 saturated heterocycles. The Balaban J connectivity index is 1.85. The summed E-state index contributed by atoms with van der Waals surface area (Å²) < 4.78 is 23.4. The zero-order chi connectivity index (χ0) is 12.3. The molecule has 17 heavy (non-hydrogen) atoms. The minimum atomic E-state index is -0.272. The van der Waals surface area contributed by atoms with Crippen LogP contribution >= 0.6 is 0 Å². The fourth-order valence-electron chi connectivity index (χ4n) is 1.73. The number of nitrogens with two attached hydrogens (primary N) is 1.